The number of piperidine rings is 1. The van der Waals surface area contributed by atoms with Gasteiger partial charge in [-0.25, -0.2) is 4.39 Å². The van der Waals surface area contributed by atoms with Crippen molar-refractivity contribution in [2.75, 3.05) is 20.2 Å². The predicted octanol–water partition coefficient (Wildman–Crippen LogP) is 4.31. The molecule has 0 aliphatic carbocycles. The van der Waals surface area contributed by atoms with Gasteiger partial charge in [-0.05, 0) is 43.7 Å². The fourth-order valence-electron chi connectivity index (χ4n) is 4.00. The Hall–Kier alpha value is -3.59. The minimum Gasteiger partial charge on any atom is -0.496 e. The molecule has 164 valence electrons. The summed E-state index contributed by atoms with van der Waals surface area (Å²) in [4.78, 5) is 11.3. The Kier molecular flexibility index (Phi) is 5.64. The molecule has 3 heterocycles. The fourth-order valence-corrected chi connectivity index (χ4v) is 4.00. The summed E-state index contributed by atoms with van der Waals surface area (Å²) in [6, 6.07) is 13.8. The zero-order chi connectivity index (χ0) is 21.9. The molecule has 0 bridgehead atoms. The lowest BCUT2D eigenvalue weighted by atomic mass is 9.98. The molecule has 5 rings (SSSR count). The maximum atomic E-state index is 13.5. The minimum atomic E-state index is -0.329. The number of hydrogen-bond donors (Lipinski definition) is 0. The first-order valence-corrected chi connectivity index (χ1v) is 10.5. The average molecular weight is 435 g/mol. The number of hydrogen-bond acceptors (Lipinski definition) is 8. The van der Waals surface area contributed by atoms with Crippen LogP contribution in [0.4, 0.5) is 4.39 Å². The highest BCUT2D eigenvalue weighted by atomic mass is 19.1. The normalized spacial score (nSPS) is 16.9. The smallest absolute Gasteiger partial charge is 0.241 e. The van der Waals surface area contributed by atoms with Crippen LogP contribution < -0.4 is 4.74 Å². The van der Waals surface area contributed by atoms with Gasteiger partial charge in [0.05, 0.1) is 25.1 Å². The quantitative estimate of drug-likeness (QED) is 0.442. The fraction of sp³-hybridized carbons (Fsp3) is 0.304. The van der Waals surface area contributed by atoms with Crippen LogP contribution in [0.1, 0.15) is 30.5 Å². The molecule has 0 radical (unpaired) electrons. The van der Waals surface area contributed by atoms with Gasteiger partial charge in [0.1, 0.15) is 11.6 Å². The van der Waals surface area contributed by atoms with E-state index in [-0.39, 0.29) is 11.7 Å². The second-order valence-electron chi connectivity index (χ2n) is 7.75. The summed E-state index contributed by atoms with van der Waals surface area (Å²) < 4.78 is 29.9. The van der Waals surface area contributed by atoms with Crippen molar-refractivity contribution < 1.29 is 18.2 Å². The van der Waals surface area contributed by atoms with Gasteiger partial charge in [-0.3, -0.25) is 4.90 Å². The summed E-state index contributed by atoms with van der Waals surface area (Å²) >= 11 is 0. The summed E-state index contributed by atoms with van der Waals surface area (Å²) in [5.74, 6) is 2.47. The van der Waals surface area contributed by atoms with Crippen LogP contribution in [-0.2, 0) is 6.54 Å². The van der Waals surface area contributed by atoms with Gasteiger partial charge in [-0.2, -0.15) is 9.97 Å². The topological polar surface area (TPSA) is 90.3 Å². The van der Waals surface area contributed by atoms with E-state index in [1.165, 1.54) is 12.1 Å². The molecule has 0 saturated carbocycles. The molecule has 9 heteroatoms. The molecule has 1 saturated heterocycles. The number of ether oxygens (including phenoxy) is 1. The van der Waals surface area contributed by atoms with E-state index in [1.54, 1.807) is 19.2 Å². The Labute approximate surface area is 184 Å². The molecular weight excluding hydrogens is 413 g/mol. The molecular formula is C23H22FN5O3. The molecule has 4 aromatic rings. The number of nitrogens with zero attached hydrogens (tertiary/aromatic N) is 5. The zero-order valence-electron chi connectivity index (χ0n) is 17.6. The Morgan fingerprint density at radius 2 is 1.94 bits per heavy atom. The summed E-state index contributed by atoms with van der Waals surface area (Å²) in [6.45, 7) is 2.18. The third-order valence-electron chi connectivity index (χ3n) is 5.55. The SMILES string of the molecule is COc1ccccc1-c1noc(CN2CCCC(c3nc(-c4cccc(F)c4)no3)C2)n1. The Morgan fingerprint density at radius 3 is 2.81 bits per heavy atom. The lowest BCUT2D eigenvalue weighted by Gasteiger charge is -2.29. The van der Waals surface area contributed by atoms with E-state index in [0.717, 1.165) is 31.5 Å². The molecule has 1 fully saturated rings. The molecule has 1 atom stereocenters. The molecule has 1 aliphatic rings. The number of methoxy groups -OCH3 is 1. The molecule has 0 N–H and O–H groups in total. The van der Waals surface area contributed by atoms with Gasteiger partial charge in [0.25, 0.3) is 0 Å². The van der Waals surface area contributed by atoms with E-state index in [4.69, 9.17) is 13.8 Å². The average Bonchev–Trinajstić information content (AvgIpc) is 3.49. The Balaban J connectivity index is 1.27. The van der Waals surface area contributed by atoms with Gasteiger partial charge in [0.15, 0.2) is 0 Å². The van der Waals surface area contributed by atoms with Crippen LogP contribution >= 0.6 is 0 Å². The number of likely N-dealkylation sites (tertiary alicyclic amines) is 1. The molecule has 0 amide bonds. The van der Waals surface area contributed by atoms with Gasteiger partial charge in [-0.1, -0.05) is 34.6 Å². The van der Waals surface area contributed by atoms with E-state index in [1.807, 2.05) is 24.3 Å². The van der Waals surface area contributed by atoms with Crippen molar-refractivity contribution in [3.05, 3.63) is 66.1 Å². The van der Waals surface area contributed by atoms with Crippen LogP contribution in [-0.4, -0.2) is 45.4 Å². The third-order valence-corrected chi connectivity index (χ3v) is 5.55. The van der Waals surface area contributed by atoms with E-state index >= 15 is 0 Å². The maximum Gasteiger partial charge on any atom is 0.241 e. The largest absolute Gasteiger partial charge is 0.496 e. The second kappa shape index (κ2) is 8.88. The third kappa shape index (κ3) is 4.24. The molecule has 32 heavy (non-hydrogen) atoms. The van der Waals surface area contributed by atoms with Gasteiger partial charge in [0.2, 0.25) is 23.4 Å². The van der Waals surface area contributed by atoms with Gasteiger partial charge < -0.3 is 13.8 Å². The van der Waals surface area contributed by atoms with Crippen molar-refractivity contribution in [1.82, 2.24) is 25.2 Å². The number of para-hydroxylation sites is 1. The van der Waals surface area contributed by atoms with Crippen LogP contribution in [0.25, 0.3) is 22.8 Å². The van der Waals surface area contributed by atoms with Crippen molar-refractivity contribution in [3.63, 3.8) is 0 Å². The molecule has 8 nitrogen and oxygen atoms in total. The van der Waals surface area contributed by atoms with Crippen molar-refractivity contribution in [2.45, 2.75) is 25.3 Å². The molecule has 2 aromatic carbocycles. The van der Waals surface area contributed by atoms with Crippen LogP contribution in [0.15, 0.2) is 57.6 Å². The monoisotopic (exact) mass is 435 g/mol. The number of benzene rings is 2. The van der Waals surface area contributed by atoms with E-state index in [2.05, 4.69) is 25.2 Å². The van der Waals surface area contributed by atoms with Crippen LogP contribution in [0.5, 0.6) is 5.75 Å². The van der Waals surface area contributed by atoms with Gasteiger partial charge in [-0.15, -0.1) is 0 Å². The second-order valence-corrected chi connectivity index (χ2v) is 7.75. The van der Waals surface area contributed by atoms with Crippen molar-refractivity contribution in [1.29, 1.82) is 0 Å². The maximum absolute atomic E-state index is 13.5. The van der Waals surface area contributed by atoms with Crippen LogP contribution in [0, 0.1) is 5.82 Å². The predicted molar refractivity (Wildman–Crippen MR) is 113 cm³/mol. The minimum absolute atomic E-state index is 0.0927. The molecule has 1 unspecified atom stereocenters. The summed E-state index contributed by atoms with van der Waals surface area (Å²) in [7, 11) is 1.62. The summed E-state index contributed by atoms with van der Waals surface area (Å²) in [5, 5.41) is 8.16. The lowest BCUT2D eigenvalue weighted by molar-refractivity contribution is 0.162. The first-order chi connectivity index (χ1) is 15.7. The number of rotatable bonds is 6. The Morgan fingerprint density at radius 1 is 1.06 bits per heavy atom. The standard InChI is InChI=1S/C23H22FN5O3/c1-30-19-10-3-2-9-18(19)22-25-20(31-28-22)14-29-11-5-7-16(13-29)23-26-21(27-32-23)15-6-4-8-17(24)12-15/h2-4,6,8-10,12,16H,5,7,11,13-14H2,1H3. The number of aromatic nitrogens is 4. The first-order valence-electron chi connectivity index (χ1n) is 10.5. The van der Waals surface area contributed by atoms with E-state index in [0.29, 0.717) is 41.3 Å². The van der Waals surface area contributed by atoms with Gasteiger partial charge in [0, 0.05) is 12.1 Å². The zero-order valence-corrected chi connectivity index (χ0v) is 17.6. The summed E-state index contributed by atoms with van der Waals surface area (Å²) in [6.07, 6.45) is 1.92. The first kappa shape index (κ1) is 20.3. The highest BCUT2D eigenvalue weighted by molar-refractivity contribution is 5.63. The highest BCUT2D eigenvalue weighted by Crippen LogP contribution is 2.30. The lowest BCUT2D eigenvalue weighted by Crippen LogP contribution is -2.34. The molecule has 1 aliphatic heterocycles. The van der Waals surface area contributed by atoms with Gasteiger partial charge >= 0.3 is 0 Å². The molecule has 0 spiro atoms. The Bertz CT molecular complexity index is 1210. The van der Waals surface area contributed by atoms with Crippen molar-refractivity contribution in [2.24, 2.45) is 0 Å². The highest BCUT2D eigenvalue weighted by Gasteiger charge is 2.27. The van der Waals surface area contributed by atoms with Crippen LogP contribution in [0.2, 0.25) is 0 Å². The van der Waals surface area contributed by atoms with Crippen LogP contribution in [0.3, 0.4) is 0 Å². The van der Waals surface area contributed by atoms with E-state index < -0.39 is 0 Å². The summed E-state index contributed by atoms with van der Waals surface area (Å²) in [5.41, 5.74) is 1.39. The van der Waals surface area contributed by atoms with Crippen molar-refractivity contribution in [3.8, 4) is 28.5 Å². The number of halogens is 1. The molecule has 2 aromatic heterocycles. The van der Waals surface area contributed by atoms with E-state index in [9.17, 15) is 4.39 Å². The van der Waals surface area contributed by atoms with Crippen molar-refractivity contribution >= 4 is 0 Å².